The zero-order valence-electron chi connectivity index (χ0n) is 16.6. The predicted octanol–water partition coefficient (Wildman–Crippen LogP) is 6.10. The quantitative estimate of drug-likeness (QED) is 0.417. The average molecular weight is 447 g/mol. The molecule has 1 heterocycles. The molecule has 0 aliphatic carbocycles. The number of piperidine rings is 1. The number of ketones is 1. The van der Waals surface area contributed by atoms with Crippen molar-refractivity contribution in [2.75, 3.05) is 20.1 Å². The molecular formula is C22H20F7NO. The molecule has 2 nitrogen and oxygen atoms in total. The van der Waals surface area contributed by atoms with Gasteiger partial charge in [0.05, 0.1) is 16.7 Å². The maximum Gasteiger partial charge on any atom is 0.417 e. The van der Waals surface area contributed by atoms with Crippen LogP contribution in [0.3, 0.4) is 0 Å². The van der Waals surface area contributed by atoms with E-state index in [0.717, 1.165) is 12.1 Å². The van der Waals surface area contributed by atoms with E-state index in [0.29, 0.717) is 19.4 Å². The lowest BCUT2D eigenvalue weighted by atomic mass is 9.70. The SMILES string of the molecule is CN1CCCC(CC(=O)c2c(F)cc(C(F)(F)F)cc2C(F)(F)F)(c2ccccc2)C1. The molecule has 0 saturated carbocycles. The summed E-state index contributed by atoms with van der Waals surface area (Å²) in [5.41, 5.74) is -5.19. The number of benzene rings is 2. The molecule has 0 bridgehead atoms. The molecule has 0 N–H and O–H groups in total. The van der Waals surface area contributed by atoms with Crippen molar-refractivity contribution < 1.29 is 35.5 Å². The van der Waals surface area contributed by atoms with Gasteiger partial charge in [-0.2, -0.15) is 26.3 Å². The summed E-state index contributed by atoms with van der Waals surface area (Å²) in [6, 6.07) is 8.47. The molecule has 0 radical (unpaired) electrons. The lowest BCUT2D eigenvalue weighted by Crippen LogP contribution is -2.45. The van der Waals surface area contributed by atoms with Crippen molar-refractivity contribution in [1.82, 2.24) is 4.90 Å². The van der Waals surface area contributed by atoms with Gasteiger partial charge in [-0.25, -0.2) is 4.39 Å². The van der Waals surface area contributed by atoms with Crippen LogP contribution in [0.4, 0.5) is 30.7 Å². The summed E-state index contributed by atoms with van der Waals surface area (Å²) < 4.78 is 93.9. The summed E-state index contributed by atoms with van der Waals surface area (Å²) in [5.74, 6) is -2.99. The van der Waals surface area contributed by atoms with E-state index in [4.69, 9.17) is 0 Å². The number of alkyl halides is 6. The van der Waals surface area contributed by atoms with Crippen LogP contribution < -0.4 is 0 Å². The Labute approximate surface area is 174 Å². The maximum absolute atomic E-state index is 14.5. The van der Waals surface area contributed by atoms with E-state index < -0.39 is 52.5 Å². The van der Waals surface area contributed by atoms with Crippen LogP contribution in [0, 0.1) is 5.82 Å². The first-order valence-electron chi connectivity index (χ1n) is 9.59. The van der Waals surface area contributed by atoms with Crippen LogP contribution in [0.2, 0.25) is 0 Å². The molecule has 1 saturated heterocycles. The van der Waals surface area contributed by atoms with Crippen LogP contribution in [0.1, 0.15) is 46.3 Å². The van der Waals surface area contributed by atoms with E-state index in [-0.39, 0.29) is 12.1 Å². The first-order chi connectivity index (χ1) is 14.3. The van der Waals surface area contributed by atoms with Crippen molar-refractivity contribution in [3.8, 4) is 0 Å². The summed E-state index contributed by atoms with van der Waals surface area (Å²) in [6.45, 7) is 1.08. The summed E-state index contributed by atoms with van der Waals surface area (Å²) in [6.07, 6.45) is -9.81. The largest absolute Gasteiger partial charge is 0.417 e. The fourth-order valence-corrected chi connectivity index (χ4v) is 4.31. The van der Waals surface area contributed by atoms with E-state index in [1.807, 2.05) is 4.90 Å². The molecule has 2 aromatic rings. The number of hydrogen-bond donors (Lipinski definition) is 0. The number of nitrogens with zero attached hydrogens (tertiary/aromatic N) is 1. The predicted molar refractivity (Wildman–Crippen MR) is 100 cm³/mol. The Bertz CT molecular complexity index is 953. The Morgan fingerprint density at radius 1 is 1.03 bits per heavy atom. The van der Waals surface area contributed by atoms with Gasteiger partial charge in [-0.3, -0.25) is 4.79 Å². The van der Waals surface area contributed by atoms with E-state index in [9.17, 15) is 35.5 Å². The van der Waals surface area contributed by atoms with Gasteiger partial charge in [0.2, 0.25) is 0 Å². The zero-order valence-corrected chi connectivity index (χ0v) is 16.6. The topological polar surface area (TPSA) is 20.3 Å². The van der Waals surface area contributed by atoms with Crippen LogP contribution in [0.15, 0.2) is 42.5 Å². The van der Waals surface area contributed by atoms with E-state index in [1.54, 1.807) is 37.4 Å². The lowest BCUT2D eigenvalue weighted by Gasteiger charge is -2.42. The maximum atomic E-state index is 14.5. The Kier molecular flexibility index (Phi) is 6.19. The first kappa shape index (κ1) is 23.2. The number of likely N-dealkylation sites (N-methyl/N-ethyl adjacent to an activating group) is 1. The molecule has 1 atom stereocenters. The second-order valence-corrected chi connectivity index (χ2v) is 7.96. The number of carbonyl (C=O) groups is 1. The third-order valence-corrected chi connectivity index (χ3v) is 5.65. The zero-order chi connectivity index (χ0) is 23.0. The molecule has 1 unspecified atom stereocenters. The van der Waals surface area contributed by atoms with E-state index in [2.05, 4.69) is 0 Å². The molecule has 0 spiro atoms. The number of rotatable bonds is 4. The fourth-order valence-electron chi connectivity index (χ4n) is 4.31. The Balaban J connectivity index is 2.09. The van der Waals surface area contributed by atoms with Gasteiger partial charge >= 0.3 is 12.4 Å². The monoisotopic (exact) mass is 447 g/mol. The lowest BCUT2D eigenvalue weighted by molar-refractivity contribution is -0.143. The summed E-state index contributed by atoms with van der Waals surface area (Å²) >= 11 is 0. The standard InChI is InChI=1S/C22H20F7NO/c1-30-9-5-8-20(13-30,14-6-3-2-4-7-14)12-18(31)19-16(22(27,28)29)10-15(11-17(19)23)21(24,25)26/h2-4,6-7,10-11H,5,8-9,12-13H2,1H3. The minimum absolute atomic E-state index is 0.0509. The molecular weight excluding hydrogens is 427 g/mol. The highest BCUT2D eigenvalue weighted by Gasteiger charge is 2.44. The fraction of sp³-hybridized carbons (Fsp3) is 0.409. The smallest absolute Gasteiger partial charge is 0.305 e. The molecule has 0 aromatic heterocycles. The highest BCUT2D eigenvalue weighted by molar-refractivity contribution is 5.99. The molecule has 2 aromatic carbocycles. The van der Waals surface area contributed by atoms with Crippen LogP contribution in [-0.2, 0) is 17.8 Å². The van der Waals surface area contributed by atoms with Gasteiger partial charge < -0.3 is 4.90 Å². The highest BCUT2D eigenvalue weighted by atomic mass is 19.4. The van der Waals surface area contributed by atoms with Gasteiger partial charge in [-0.1, -0.05) is 30.3 Å². The van der Waals surface area contributed by atoms with Crippen LogP contribution >= 0.6 is 0 Å². The van der Waals surface area contributed by atoms with Crippen LogP contribution in [0.25, 0.3) is 0 Å². The Morgan fingerprint density at radius 3 is 2.23 bits per heavy atom. The van der Waals surface area contributed by atoms with Crippen LogP contribution in [-0.4, -0.2) is 30.8 Å². The molecule has 0 amide bonds. The molecule has 1 aliphatic heterocycles. The van der Waals surface area contributed by atoms with Gasteiger partial charge in [0, 0.05) is 18.4 Å². The van der Waals surface area contributed by atoms with E-state index >= 15 is 0 Å². The number of halogens is 7. The number of likely N-dealkylation sites (tertiary alicyclic amines) is 1. The number of hydrogen-bond acceptors (Lipinski definition) is 2. The van der Waals surface area contributed by atoms with Gasteiger partial charge in [0.15, 0.2) is 5.78 Å². The molecule has 9 heteroatoms. The highest BCUT2D eigenvalue weighted by Crippen LogP contribution is 2.42. The summed E-state index contributed by atoms with van der Waals surface area (Å²) in [4.78, 5) is 14.9. The summed E-state index contributed by atoms with van der Waals surface area (Å²) in [7, 11) is 1.81. The second-order valence-electron chi connectivity index (χ2n) is 7.96. The van der Waals surface area contributed by atoms with Gasteiger partial charge in [0.1, 0.15) is 5.82 Å². The average Bonchev–Trinajstić information content (AvgIpc) is 2.66. The van der Waals surface area contributed by atoms with Gasteiger partial charge in [-0.15, -0.1) is 0 Å². The van der Waals surface area contributed by atoms with Crippen molar-refractivity contribution in [3.05, 3.63) is 70.5 Å². The first-order valence-corrected chi connectivity index (χ1v) is 9.59. The van der Waals surface area contributed by atoms with Crippen molar-refractivity contribution in [1.29, 1.82) is 0 Å². The Hall–Kier alpha value is -2.42. The van der Waals surface area contributed by atoms with Crippen molar-refractivity contribution in [3.63, 3.8) is 0 Å². The third kappa shape index (κ3) is 4.92. The summed E-state index contributed by atoms with van der Waals surface area (Å²) in [5, 5.41) is 0. The number of carbonyl (C=O) groups excluding carboxylic acids is 1. The molecule has 31 heavy (non-hydrogen) atoms. The molecule has 1 fully saturated rings. The molecule has 3 rings (SSSR count). The minimum Gasteiger partial charge on any atom is -0.305 e. The normalized spacial score (nSPS) is 20.6. The Morgan fingerprint density at radius 2 is 1.68 bits per heavy atom. The second kappa shape index (κ2) is 8.26. The van der Waals surface area contributed by atoms with Crippen molar-refractivity contribution >= 4 is 5.78 Å². The molecule has 168 valence electrons. The van der Waals surface area contributed by atoms with Crippen LogP contribution in [0.5, 0.6) is 0 Å². The van der Waals surface area contributed by atoms with E-state index in [1.165, 1.54) is 0 Å². The molecule has 1 aliphatic rings. The number of Topliss-reactive ketones (excluding diaryl/α,β-unsaturated/α-hetero) is 1. The van der Waals surface area contributed by atoms with Gasteiger partial charge in [-0.05, 0) is 44.1 Å². The van der Waals surface area contributed by atoms with Gasteiger partial charge in [0.25, 0.3) is 0 Å². The van der Waals surface area contributed by atoms with Crippen molar-refractivity contribution in [2.45, 2.75) is 37.0 Å². The van der Waals surface area contributed by atoms with Crippen molar-refractivity contribution in [2.24, 2.45) is 0 Å². The third-order valence-electron chi connectivity index (χ3n) is 5.65. The minimum atomic E-state index is -5.32.